The van der Waals surface area contributed by atoms with Crippen molar-refractivity contribution in [2.75, 3.05) is 30.8 Å². The van der Waals surface area contributed by atoms with Crippen molar-refractivity contribution in [3.8, 4) is 5.75 Å². The van der Waals surface area contributed by atoms with Crippen LogP contribution in [0, 0.1) is 0 Å². The number of sulfonamides is 1. The molecule has 0 heterocycles. The summed E-state index contributed by atoms with van der Waals surface area (Å²) in [6.45, 7) is 3.96. The van der Waals surface area contributed by atoms with Crippen LogP contribution in [0.5, 0.6) is 5.75 Å². The Labute approximate surface area is 210 Å². The van der Waals surface area contributed by atoms with Crippen molar-refractivity contribution < 1.29 is 22.7 Å². The molecular formula is C24H32BrN3O5S. The Morgan fingerprint density at radius 3 is 2.35 bits per heavy atom. The maximum absolute atomic E-state index is 13.6. The van der Waals surface area contributed by atoms with Gasteiger partial charge in [-0.15, -0.1) is 0 Å². The smallest absolute Gasteiger partial charge is 0.244 e. The number of halogens is 1. The van der Waals surface area contributed by atoms with E-state index < -0.39 is 28.5 Å². The van der Waals surface area contributed by atoms with Crippen LogP contribution in [-0.4, -0.2) is 57.6 Å². The zero-order valence-corrected chi connectivity index (χ0v) is 22.4. The Hall–Kier alpha value is -2.59. The Bertz CT molecular complexity index is 1080. The van der Waals surface area contributed by atoms with Crippen LogP contribution >= 0.6 is 15.9 Å². The SMILES string of the molecule is CCCNC(=O)[C@H](CC)N(Cc1cccc(OC)c1)C(=O)CN(c1ccc(Br)cc1)S(C)(=O)=O. The number of benzene rings is 2. The number of carbonyl (C=O) groups is 2. The highest BCUT2D eigenvalue weighted by Gasteiger charge is 2.31. The first-order chi connectivity index (χ1) is 16.1. The molecule has 0 unspecified atom stereocenters. The minimum atomic E-state index is -3.76. The molecule has 0 aromatic heterocycles. The van der Waals surface area contributed by atoms with Crippen LogP contribution in [0.2, 0.25) is 0 Å². The van der Waals surface area contributed by atoms with Gasteiger partial charge in [0.1, 0.15) is 18.3 Å². The molecule has 186 valence electrons. The lowest BCUT2D eigenvalue weighted by atomic mass is 10.1. The van der Waals surface area contributed by atoms with Crippen LogP contribution in [0.1, 0.15) is 32.3 Å². The highest BCUT2D eigenvalue weighted by atomic mass is 79.9. The number of ether oxygens (including phenoxy) is 1. The van der Waals surface area contributed by atoms with Crippen molar-refractivity contribution in [2.45, 2.75) is 39.3 Å². The third-order valence-corrected chi connectivity index (χ3v) is 6.89. The number of nitrogens with one attached hydrogen (secondary N) is 1. The fourth-order valence-electron chi connectivity index (χ4n) is 3.47. The Kier molecular flexibility index (Phi) is 10.4. The summed E-state index contributed by atoms with van der Waals surface area (Å²) in [4.78, 5) is 27.9. The van der Waals surface area contributed by atoms with Gasteiger partial charge in [0.2, 0.25) is 21.8 Å². The molecule has 1 atom stereocenters. The number of nitrogens with zero attached hydrogens (tertiary/aromatic N) is 2. The van der Waals surface area contributed by atoms with Gasteiger partial charge >= 0.3 is 0 Å². The average Bonchev–Trinajstić information content (AvgIpc) is 2.81. The van der Waals surface area contributed by atoms with Gasteiger partial charge in [-0.25, -0.2) is 8.42 Å². The van der Waals surface area contributed by atoms with Crippen LogP contribution in [0.15, 0.2) is 53.0 Å². The maximum atomic E-state index is 13.6. The second-order valence-electron chi connectivity index (χ2n) is 7.83. The Balaban J connectivity index is 2.42. The minimum absolute atomic E-state index is 0.131. The van der Waals surface area contributed by atoms with E-state index in [9.17, 15) is 18.0 Å². The van der Waals surface area contributed by atoms with Crippen LogP contribution in [-0.2, 0) is 26.2 Å². The van der Waals surface area contributed by atoms with Gasteiger partial charge in [-0.3, -0.25) is 13.9 Å². The molecule has 1 N–H and O–H groups in total. The third kappa shape index (κ3) is 7.73. The molecule has 10 heteroatoms. The lowest BCUT2D eigenvalue weighted by Crippen LogP contribution is -2.52. The molecule has 34 heavy (non-hydrogen) atoms. The number of anilines is 1. The number of hydrogen-bond donors (Lipinski definition) is 1. The van der Waals surface area contributed by atoms with Gasteiger partial charge in [0, 0.05) is 17.6 Å². The van der Waals surface area contributed by atoms with E-state index in [0.29, 0.717) is 24.4 Å². The van der Waals surface area contributed by atoms with E-state index in [-0.39, 0.29) is 12.5 Å². The van der Waals surface area contributed by atoms with Crippen molar-refractivity contribution in [1.82, 2.24) is 10.2 Å². The molecule has 0 saturated carbocycles. The molecule has 2 rings (SSSR count). The lowest BCUT2D eigenvalue weighted by molar-refractivity contribution is -0.140. The average molecular weight is 555 g/mol. The first-order valence-corrected chi connectivity index (χ1v) is 13.7. The van der Waals surface area contributed by atoms with E-state index in [1.165, 1.54) is 4.90 Å². The summed E-state index contributed by atoms with van der Waals surface area (Å²) in [7, 11) is -2.21. The molecule has 0 fully saturated rings. The highest BCUT2D eigenvalue weighted by molar-refractivity contribution is 9.10. The first kappa shape index (κ1) is 27.7. The van der Waals surface area contributed by atoms with Crippen molar-refractivity contribution in [3.05, 3.63) is 58.6 Å². The molecular weight excluding hydrogens is 522 g/mol. The van der Waals surface area contributed by atoms with Gasteiger partial charge in [-0.05, 0) is 54.8 Å². The summed E-state index contributed by atoms with van der Waals surface area (Å²) in [5.74, 6) is -0.120. The summed E-state index contributed by atoms with van der Waals surface area (Å²) in [5, 5.41) is 2.85. The molecule has 0 radical (unpaired) electrons. The van der Waals surface area contributed by atoms with Gasteiger partial charge < -0.3 is 15.0 Å². The van der Waals surface area contributed by atoms with Gasteiger partial charge in [0.25, 0.3) is 0 Å². The maximum Gasteiger partial charge on any atom is 0.244 e. The molecule has 2 aromatic carbocycles. The lowest BCUT2D eigenvalue weighted by Gasteiger charge is -2.33. The molecule has 0 saturated heterocycles. The van der Waals surface area contributed by atoms with Crippen LogP contribution in [0.3, 0.4) is 0 Å². The number of methoxy groups -OCH3 is 1. The second kappa shape index (κ2) is 12.8. The molecule has 0 aliphatic carbocycles. The molecule has 2 amide bonds. The predicted octanol–water partition coefficient (Wildman–Crippen LogP) is 3.56. The summed E-state index contributed by atoms with van der Waals surface area (Å²) in [6, 6.07) is 13.1. The molecule has 0 aliphatic rings. The number of amides is 2. The van der Waals surface area contributed by atoms with Crippen molar-refractivity contribution in [2.24, 2.45) is 0 Å². The quantitative estimate of drug-likeness (QED) is 0.433. The van der Waals surface area contributed by atoms with Gasteiger partial charge in [0.15, 0.2) is 0 Å². The van der Waals surface area contributed by atoms with Crippen LogP contribution < -0.4 is 14.4 Å². The standard InChI is InChI=1S/C24H32BrN3O5S/c1-5-14-26-24(30)22(6-2)27(16-18-8-7-9-21(15-18)33-3)23(29)17-28(34(4,31)32)20-12-10-19(25)11-13-20/h7-13,15,22H,5-6,14,16-17H2,1-4H3,(H,26,30)/t22-/m0/s1. The van der Waals surface area contributed by atoms with Crippen molar-refractivity contribution in [3.63, 3.8) is 0 Å². The van der Waals surface area contributed by atoms with Crippen molar-refractivity contribution >= 4 is 43.5 Å². The van der Waals surface area contributed by atoms with Gasteiger partial charge in [-0.2, -0.15) is 0 Å². The number of carbonyl (C=O) groups excluding carboxylic acids is 2. The minimum Gasteiger partial charge on any atom is -0.497 e. The van der Waals surface area contributed by atoms with E-state index in [2.05, 4.69) is 21.2 Å². The molecule has 0 spiro atoms. The zero-order valence-electron chi connectivity index (χ0n) is 20.0. The first-order valence-electron chi connectivity index (χ1n) is 11.0. The number of rotatable bonds is 12. The van der Waals surface area contributed by atoms with Crippen LogP contribution in [0.25, 0.3) is 0 Å². The summed E-state index contributed by atoms with van der Waals surface area (Å²) >= 11 is 3.34. The molecule has 0 aliphatic heterocycles. The Morgan fingerprint density at radius 1 is 1.12 bits per heavy atom. The normalized spacial score (nSPS) is 12.0. The summed E-state index contributed by atoms with van der Waals surface area (Å²) in [6.07, 6.45) is 2.19. The molecule has 8 nitrogen and oxygen atoms in total. The topological polar surface area (TPSA) is 96.0 Å². The van der Waals surface area contributed by atoms with E-state index >= 15 is 0 Å². The fraction of sp³-hybridized carbons (Fsp3) is 0.417. The van der Waals surface area contributed by atoms with Gasteiger partial charge in [-0.1, -0.05) is 41.9 Å². The number of hydrogen-bond acceptors (Lipinski definition) is 5. The third-order valence-electron chi connectivity index (χ3n) is 5.22. The monoisotopic (exact) mass is 553 g/mol. The van der Waals surface area contributed by atoms with E-state index in [1.54, 1.807) is 49.6 Å². The van der Waals surface area contributed by atoms with Crippen molar-refractivity contribution in [1.29, 1.82) is 0 Å². The Morgan fingerprint density at radius 2 is 1.79 bits per heavy atom. The highest BCUT2D eigenvalue weighted by Crippen LogP contribution is 2.22. The molecule has 0 bridgehead atoms. The summed E-state index contributed by atoms with van der Waals surface area (Å²) in [5.41, 5.74) is 1.13. The largest absolute Gasteiger partial charge is 0.497 e. The van der Waals surface area contributed by atoms with Crippen LogP contribution in [0.4, 0.5) is 5.69 Å². The van der Waals surface area contributed by atoms with E-state index in [1.807, 2.05) is 19.9 Å². The molecule has 2 aromatic rings. The zero-order chi connectivity index (χ0) is 25.3. The van der Waals surface area contributed by atoms with E-state index in [0.717, 1.165) is 27.0 Å². The second-order valence-corrected chi connectivity index (χ2v) is 10.7. The fourth-order valence-corrected chi connectivity index (χ4v) is 4.59. The van der Waals surface area contributed by atoms with Gasteiger partial charge in [0.05, 0.1) is 19.1 Å². The predicted molar refractivity (Wildman–Crippen MR) is 137 cm³/mol. The summed E-state index contributed by atoms with van der Waals surface area (Å²) < 4.78 is 32.3. The van der Waals surface area contributed by atoms with E-state index in [4.69, 9.17) is 4.74 Å².